The number of piperidine rings is 1. The number of alkyl halides is 5. The first-order valence-electron chi connectivity index (χ1n) is 17.0. The van der Waals surface area contributed by atoms with Gasteiger partial charge in [-0.1, -0.05) is 101 Å². The van der Waals surface area contributed by atoms with E-state index in [4.69, 9.17) is 5.41 Å². The molecule has 4 aromatic carbocycles. The normalized spacial score (nSPS) is 13.8. The van der Waals surface area contributed by atoms with Crippen molar-refractivity contribution in [2.24, 2.45) is 5.92 Å². The van der Waals surface area contributed by atoms with Crippen molar-refractivity contribution in [2.75, 3.05) is 23.3 Å². The number of nitrogens with one attached hydrogen (secondary N) is 2. The van der Waals surface area contributed by atoms with Crippen molar-refractivity contribution in [3.63, 3.8) is 0 Å². The fourth-order valence-corrected chi connectivity index (χ4v) is 5.73. The third kappa shape index (κ3) is 9.31. The Kier molecular flexibility index (Phi) is 12.5. The molecule has 0 bridgehead atoms. The maximum absolute atomic E-state index is 16.1. The van der Waals surface area contributed by atoms with Crippen LogP contribution < -0.4 is 10.2 Å². The van der Waals surface area contributed by atoms with E-state index >= 15 is 8.78 Å². The predicted molar refractivity (Wildman–Crippen MR) is 195 cm³/mol. The summed E-state index contributed by atoms with van der Waals surface area (Å²) < 4.78 is 71.8. The van der Waals surface area contributed by atoms with Crippen molar-refractivity contribution >= 4 is 17.1 Å². The van der Waals surface area contributed by atoms with Gasteiger partial charge in [-0.2, -0.15) is 22.0 Å². The van der Waals surface area contributed by atoms with Crippen LogP contribution in [-0.4, -0.2) is 29.7 Å². The van der Waals surface area contributed by atoms with Gasteiger partial charge in [0.15, 0.2) is 0 Å². The van der Waals surface area contributed by atoms with E-state index in [1.165, 1.54) is 30.7 Å². The first kappa shape index (κ1) is 38.1. The number of hydrogen-bond acceptors (Lipinski definition) is 4. The Balaban J connectivity index is 0.00000105. The molecule has 266 valence electrons. The van der Waals surface area contributed by atoms with Gasteiger partial charge in [0.1, 0.15) is 5.82 Å². The second-order valence-electron chi connectivity index (χ2n) is 13.1. The minimum absolute atomic E-state index is 0.0162. The first-order valence-corrected chi connectivity index (χ1v) is 17.0. The van der Waals surface area contributed by atoms with Crippen LogP contribution in [0.4, 0.5) is 33.3 Å². The molecule has 0 radical (unpaired) electrons. The van der Waals surface area contributed by atoms with Crippen LogP contribution in [0.1, 0.15) is 73.4 Å². The summed E-state index contributed by atoms with van der Waals surface area (Å²) in [4.78, 5) is 2.93. The Bertz CT molecular complexity index is 1740. The predicted octanol–water partition coefficient (Wildman–Crippen LogP) is 11.4. The molecule has 1 fully saturated rings. The van der Waals surface area contributed by atoms with E-state index in [0.29, 0.717) is 42.7 Å². The Morgan fingerprint density at radius 3 is 2.02 bits per heavy atom. The largest absolute Gasteiger partial charge is 0.416 e. The van der Waals surface area contributed by atoms with Crippen LogP contribution in [0.25, 0.3) is 0 Å². The van der Waals surface area contributed by atoms with Gasteiger partial charge in [-0.15, -0.1) is 0 Å². The zero-order valence-electron chi connectivity index (χ0n) is 29.4. The lowest BCUT2D eigenvalue weighted by molar-refractivity contribution is -0.137. The summed E-state index contributed by atoms with van der Waals surface area (Å²) >= 11 is 0. The zero-order chi connectivity index (χ0) is 36.6. The standard InChI is InChI=1S/C36H35F5N4.C5H12/c1-24-10-7-8-15-33(24)45(36(40,41)28-12-5-4-6-13-28)26(3)44-20-18-30(19-21-44)43-31-16-17-32(25(2)22-31)34(42)27-11-9-14-29(23-27)35(37,38)39;1-4-5(2)3/h4-17,22-23,30,42-43H,3,18-21H2,1-2H3;5H,4H2,1-3H3. The Morgan fingerprint density at radius 1 is 0.840 bits per heavy atom. The van der Waals surface area contributed by atoms with Crippen LogP contribution in [0.5, 0.6) is 0 Å². The van der Waals surface area contributed by atoms with Gasteiger partial charge in [0.25, 0.3) is 0 Å². The number of benzene rings is 4. The molecule has 0 atom stereocenters. The summed E-state index contributed by atoms with van der Waals surface area (Å²) in [6.07, 6.45) is -1.82. The minimum atomic E-state index is -4.48. The molecule has 0 aliphatic carbocycles. The topological polar surface area (TPSA) is 42.4 Å². The summed E-state index contributed by atoms with van der Waals surface area (Å²) in [5.41, 5.74) is 2.52. The molecule has 1 aliphatic rings. The lowest BCUT2D eigenvalue weighted by Gasteiger charge is -2.43. The van der Waals surface area contributed by atoms with Crippen LogP contribution in [-0.2, 0) is 12.2 Å². The highest BCUT2D eigenvalue weighted by molar-refractivity contribution is 6.12. The SMILES string of the molecule is C=C(N1CCC(Nc2ccc(C(=N)c3cccc(C(F)(F)F)c3)c(C)c2)CC1)N(c1ccccc1C)C(F)(F)c1ccccc1.CCC(C)C. The summed E-state index contributed by atoms with van der Waals surface area (Å²) in [5.74, 6) is 1.11. The summed E-state index contributed by atoms with van der Waals surface area (Å²) in [5, 5.41) is 12.1. The molecule has 0 amide bonds. The molecule has 0 spiro atoms. The molecule has 9 heteroatoms. The minimum Gasteiger partial charge on any atom is -0.382 e. The number of rotatable bonds is 10. The van der Waals surface area contributed by atoms with Crippen LogP contribution in [0.3, 0.4) is 0 Å². The van der Waals surface area contributed by atoms with Crippen molar-refractivity contribution in [3.05, 3.63) is 143 Å². The third-order valence-corrected chi connectivity index (χ3v) is 9.04. The maximum Gasteiger partial charge on any atom is 0.416 e. The average molecular weight is 691 g/mol. The van der Waals surface area contributed by atoms with Crippen molar-refractivity contribution in [1.82, 2.24) is 4.90 Å². The van der Waals surface area contributed by atoms with Crippen LogP contribution in [0.2, 0.25) is 0 Å². The highest BCUT2D eigenvalue weighted by atomic mass is 19.4. The number of nitrogens with zero attached hydrogens (tertiary/aromatic N) is 2. The molecule has 50 heavy (non-hydrogen) atoms. The number of anilines is 2. The Labute approximate surface area is 293 Å². The van der Waals surface area contributed by atoms with Crippen molar-refractivity contribution in [2.45, 2.75) is 72.1 Å². The van der Waals surface area contributed by atoms with Crippen LogP contribution >= 0.6 is 0 Å². The highest BCUT2D eigenvalue weighted by Crippen LogP contribution is 2.41. The van der Waals surface area contributed by atoms with E-state index in [1.807, 2.05) is 30.0 Å². The molecule has 0 saturated carbocycles. The van der Waals surface area contributed by atoms with E-state index in [0.717, 1.165) is 34.2 Å². The lowest BCUT2D eigenvalue weighted by atomic mass is 9.96. The number of para-hydroxylation sites is 1. The second kappa shape index (κ2) is 16.4. The molecule has 1 saturated heterocycles. The average Bonchev–Trinajstić information content (AvgIpc) is 3.09. The van der Waals surface area contributed by atoms with E-state index in [1.54, 1.807) is 49.4 Å². The quantitative estimate of drug-likeness (QED) is 0.0989. The van der Waals surface area contributed by atoms with Gasteiger partial charge in [-0.05, 0) is 74.1 Å². The molecule has 1 heterocycles. The van der Waals surface area contributed by atoms with Crippen molar-refractivity contribution < 1.29 is 22.0 Å². The van der Waals surface area contributed by atoms with Gasteiger partial charge in [0.2, 0.25) is 0 Å². The fourth-order valence-electron chi connectivity index (χ4n) is 5.73. The van der Waals surface area contributed by atoms with Crippen molar-refractivity contribution in [1.29, 1.82) is 5.41 Å². The van der Waals surface area contributed by atoms with Gasteiger partial charge in [-0.3, -0.25) is 10.3 Å². The number of hydrogen-bond donors (Lipinski definition) is 2. The molecule has 0 unspecified atom stereocenters. The first-order chi connectivity index (χ1) is 23.6. The summed E-state index contributed by atoms with van der Waals surface area (Å²) in [6.45, 7) is 15.4. The molecule has 4 nitrogen and oxygen atoms in total. The van der Waals surface area contributed by atoms with E-state index < -0.39 is 17.8 Å². The molecule has 4 aromatic rings. The van der Waals surface area contributed by atoms with Gasteiger partial charge in [0, 0.05) is 41.5 Å². The highest BCUT2D eigenvalue weighted by Gasteiger charge is 2.43. The summed E-state index contributed by atoms with van der Waals surface area (Å²) in [7, 11) is 0. The third-order valence-electron chi connectivity index (χ3n) is 9.04. The molecular formula is C41H47F5N4. The van der Waals surface area contributed by atoms with Crippen molar-refractivity contribution in [3.8, 4) is 0 Å². The second-order valence-corrected chi connectivity index (χ2v) is 13.1. The number of halogens is 5. The fraction of sp³-hybridized carbons (Fsp3) is 0.341. The van der Waals surface area contributed by atoms with E-state index in [-0.39, 0.29) is 28.7 Å². The van der Waals surface area contributed by atoms with Gasteiger partial charge in [-0.25, -0.2) is 0 Å². The van der Waals surface area contributed by atoms with Gasteiger partial charge >= 0.3 is 12.2 Å². The molecule has 5 rings (SSSR count). The molecule has 1 aliphatic heterocycles. The molecule has 2 N–H and O–H groups in total. The van der Waals surface area contributed by atoms with Crippen LogP contribution in [0, 0.1) is 25.2 Å². The monoisotopic (exact) mass is 690 g/mol. The number of aryl methyl sites for hydroxylation is 2. The Hall–Kier alpha value is -4.66. The smallest absolute Gasteiger partial charge is 0.382 e. The molecular weight excluding hydrogens is 643 g/mol. The van der Waals surface area contributed by atoms with Gasteiger partial charge < -0.3 is 10.2 Å². The van der Waals surface area contributed by atoms with E-state index in [9.17, 15) is 13.2 Å². The summed E-state index contributed by atoms with van der Waals surface area (Å²) in [6, 6.07) is 21.8. The Morgan fingerprint density at radius 2 is 1.44 bits per heavy atom. The van der Waals surface area contributed by atoms with Gasteiger partial charge in [0.05, 0.1) is 17.0 Å². The van der Waals surface area contributed by atoms with Crippen LogP contribution in [0.15, 0.2) is 109 Å². The van der Waals surface area contributed by atoms with E-state index in [2.05, 4.69) is 32.7 Å². The number of likely N-dealkylation sites (tertiary alicyclic amines) is 1. The maximum atomic E-state index is 16.1. The zero-order valence-corrected chi connectivity index (χ0v) is 29.4. The lowest BCUT2D eigenvalue weighted by Crippen LogP contribution is -2.48. The molecule has 0 aromatic heterocycles.